The highest BCUT2D eigenvalue weighted by molar-refractivity contribution is 5.45. The molecular weight excluding hydrogens is 358 g/mol. The van der Waals surface area contributed by atoms with Gasteiger partial charge in [0.25, 0.3) is 5.89 Å². The Morgan fingerprint density at radius 3 is 2.96 bits per heavy atom. The van der Waals surface area contributed by atoms with E-state index in [0.29, 0.717) is 30.9 Å². The number of furan rings is 1. The van der Waals surface area contributed by atoms with Crippen LogP contribution in [0.1, 0.15) is 31.2 Å². The molecule has 1 saturated heterocycles. The van der Waals surface area contributed by atoms with Crippen molar-refractivity contribution in [3.05, 3.63) is 48.0 Å². The van der Waals surface area contributed by atoms with Gasteiger partial charge in [-0.1, -0.05) is 13.0 Å². The molecular formula is C21H23N3O4. The Morgan fingerprint density at radius 1 is 1.14 bits per heavy atom. The van der Waals surface area contributed by atoms with Crippen LogP contribution in [0.5, 0.6) is 11.5 Å². The number of hydrogen-bond acceptors (Lipinski definition) is 7. The molecule has 146 valence electrons. The number of nitrogens with zero attached hydrogens (tertiary/aromatic N) is 3. The zero-order valence-corrected chi connectivity index (χ0v) is 15.9. The number of benzene rings is 1. The number of hydrogen-bond donors (Lipinski definition) is 0. The van der Waals surface area contributed by atoms with E-state index in [1.54, 1.807) is 6.26 Å². The second-order valence-corrected chi connectivity index (χ2v) is 7.97. The van der Waals surface area contributed by atoms with E-state index in [0.717, 1.165) is 37.4 Å². The van der Waals surface area contributed by atoms with Crippen LogP contribution in [0.3, 0.4) is 0 Å². The van der Waals surface area contributed by atoms with Crippen molar-refractivity contribution in [2.45, 2.75) is 32.7 Å². The second kappa shape index (κ2) is 6.98. The predicted octanol–water partition coefficient (Wildman–Crippen LogP) is 3.90. The van der Waals surface area contributed by atoms with E-state index in [1.807, 2.05) is 18.2 Å². The van der Waals surface area contributed by atoms with Gasteiger partial charge in [-0.2, -0.15) is 0 Å². The molecule has 0 radical (unpaired) electrons. The minimum atomic E-state index is 0.190. The van der Waals surface area contributed by atoms with Gasteiger partial charge >= 0.3 is 0 Å². The predicted molar refractivity (Wildman–Crippen MR) is 101 cm³/mol. The van der Waals surface area contributed by atoms with E-state index in [9.17, 15) is 0 Å². The Hall–Kier alpha value is -2.80. The monoisotopic (exact) mass is 381 g/mol. The highest BCUT2D eigenvalue weighted by atomic mass is 16.7. The molecule has 0 unspecified atom stereocenters. The molecule has 1 atom stereocenters. The Balaban J connectivity index is 1.25. The Labute approximate surface area is 163 Å². The van der Waals surface area contributed by atoms with Crippen molar-refractivity contribution in [2.24, 2.45) is 5.41 Å². The zero-order valence-electron chi connectivity index (χ0n) is 15.9. The van der Waals surface area contributed by atoms with Crippen molar-refractivity contribution in [3.8, 4) is 23.1 Å². The number of fused-ring (bicyclic) bond motifs is 1. The summed E-state index contributed by atoms with van der Waals surface area (Å²) in [5.74, 6) is 3.34. The van der Waals surface area contributed by atoms with Crippen LogP contribution >= 0.6 is 0 Å². The van der Waals surface area contributed by atoms with Gasteiger partial charge in [-0.05, 0) is 61.1 Å². The fourth-order valence-electron chi connectivity index (χ4n) is 4.26. The van der Waals surface area contributed by atoms with E-state index < -0.39 is 0 Å². The van der Waals surface area contributed by atoms with E-state index in [1.165, 1.54) is 12.0 Å². The van der Waals surface area contributed by atoms with Crippen LogP contribution in [0.15, 0.2) is 45.4 Å². The lowest BCUT2D eigenvalue weighted by Crippen LogP contribution is -2.42. The average molecular weight is 381 g/mol. The molecule has 2 aliphatic rings. The molecule has 28 heavy (non-hydrogen) atoms. The molecule has 0 amide bonds. The molecule has 2 aromatic heterocycles. The van der Waals surface area contributed by atoms with Crippen molar-refractivity contribution >= 4 is 0 Å². The summed E-state index contributed by atoms with van der Waals surface area (Å²) in [6, 6.07) is 9.90. The van der Waals surface area contributed by atoms with Crippen molar-refractivity contribution in [3.63, 3.8) is 0 Å². The molecule has 7 heteroatoms. The summed E-state index contributed by atoms with van der Waals surface area (Å²) in [7, 11) is 0. The molecule has 1 aromatic carbocycles. The van der Waals surface area contributed by atoms with Gasteiger partial charge in [0, 0.05) is 6.54 Å². The van der Waals surface area contributed by atoms with E-state index in [2.05, 4.69) is 34.2 Å². The highest BCUT2D eigenvalue weighted by Gasteiger charge is 2.32. The number of aromatic nitrogens is 2. The molecule has 0 N–H and O–H groups in total. The molecule has 7 nitrogen and oxygen atoms in total. The molecule has 5 rings (SSSR count). The number of likely N-dealkylation sites (tertiary alicyclic amines) is 1. The van der Waals surface area contributed by atoms with Crippen LogP contribution in [-0.4, -0.2) is 35.0 Å². The van der Waals surface area contributed by atoms with Crippen LogP contribution in [-0.2, 0) is 13.0 Å². The van der Waals surface area contributed by atoms with Gasteiger partial charge in [0.05, 0.1) is 12.8 Å². The van der Waals surface area contributed by atoms with Crippen molar-refractivity contribution in [2.75, 3.05) is 19.9 Å². The summed E-state index contributed by atoms with van der Waals surface area (Å²) in [6.45, 7) is 5.35. The SMILES string of the molecule is C[C@@]1(Cc2ccc3c(c2)OCO3)CCCN(Cc2nnc(-c3ccco3)o2)C1. The van der Waals surface area contributed by atoms with Gasteiger partial charge in [0.2, 0.25) is 12.7 Å². The quantitative estimate of drug-likeness (QED) is 0.663. The molecule has 0 aliphatic carbocycles. The maximum atomic E-state index is 5.78. The summed E-state index contributed by atoms with van der Waals surface area (Å²) in [5, 5.41) is 8.29. The van der Waals surface area contributed by atoms with Crippen LogP contribution in [0.25, 0.3) is 11.7 Å². The molecule has 3 aromatic rings. The van der Waals surface area contributed by atoms with Gasteiger partial charge < -0.3 is 18.3 Å². The third kappa shape index (κ3) is 3.49. The van der Waals surface area contributed by atoms with Crippen LogP contribution in [0.4, 0.5) is 0 Å². The minimum absolute atomic E-state index is 0.190. The topological polar surface area (TPSA) is 73.8 Å². The minimum Gasteiger partial charge on any atom is -0.459 e. The van der Waals surface area contributed by atoms with Gasteiger partial charge in [0.1, 0.15) is 0 Å². The molecule has 4 heterocycles. The van der Waals surface area contributed by atoms with Gasteiger partial charge in [-0.3, -0.25) is 4.90 Å². The second-order valence-electron chi connectivity index (χ2n) is 7.97. The maximum Gasteiger partial charge on any atom is 0.283 e. The fraction of sp³-hybridized carbons (Fsp3) is 0.429. The Morgan fingerprint density at radius 2 is 2.07 bits per heavy atom. The first kappa shape index (κ1) is 17.3. The number of ether oxygens (including phenoxy) is 2. The summed E-state index contributed by atoms with van der Waals surface area (Å²) >= 11 is 0. The Kier molecular flexibility index (Phi) is 4.31. The fourth-order valence-corrected chi connectivity index (χ4v) is 4.26. The molecule has 0 saturated carbocycles. The van der Waals surface area contributed by atoms with E-state index >= 15 is 0 Å². The van der Waals surface area contributed by atoms with Crippen LogP contribution < -0.4 is 9.47 Å². The van der Waals surface area contributed by atoms with Gasteiger partial charge in [0.15, 0.2) is 17.3 Å². The first-order valence-corrected chi connectivity index (χ1v) is 9.64. The average Bonchev–Trinajstić information content (AvgIpc) is 3.42. The molecule has 0 bridgehead atoms. The number of piperidine rings is 1. The lowest BCUT2D eigenvalue weighted by Gasteiger charge is -2.40. The first-order chi connectivity index (χ1) is 13.7. The van der Waals surface area contributed by atoms with E-state index in [-0.39, 0.29) is 5.41 Å². The maximum absolute atomic E-state index is 5.78. The van der Waals surface area contributed by atoms with Crippen molar-refractivity contribution < 1.29 is 18.3 Å². The van der Waals surface area contributed by atoms with E-state index in [4.69, 9.17) is 18.3 Å². The van der Waals surface area contributed by atoms with Crippen LogP contribution in [0.2, 0.25) is 0 Å². The largest absolute Gasteiger partial charge is 0.459 e. The number of rotatable bonds is 5. The summed E-state index contributed by atoms with van der Waals surface area (Å²) in [5.41, 5.74) is 1.47. The highest BCUT2D eigenvalue weighted by Crippen LogP contribution is 2.38. The summed E-state index contributed by atoms with van der Waals surface area (Å²) < 4.78 is 22.1. The lowest BCUT2D eigenvalue weighted by molar-refractivity contribution is 0.0898. The standard InChI is InChI=1S/C21H23N3O4/c1-21(11-15-5-6-16-18(10-15)27-14-26-16)7-3-8-24(13-21)12-19-22-23-20(28-19)17-4-2-9-25-17/h2,4-6,9-10H,3,7-8,11-14H2,1H3/t21-/m0/s1. The zero-order chi connectivity index (χ0) is 19.0. The normalized spacial score (nSPS) is 21.9. The van der Waals surface area contributed by atoms with Gasteiger partial charge in [-0.15, -0.1) is 10.2 Å². The summed E-state index contributed by atoms with van der Waals surface area (Å²) in [4.78, 5) is 2.40. The Bertz CT molecular complexity index is 952. The molecule has 0 spiro atoms. The van der Waals surface area contributed by atoms with Crippen molar-refractivity contribution in [1.82, 2.24) is 15.1 Å². The van der Waals surface area contributed by atoms with Crippen molar-refractivity contribution in [1.29, 1.82) is 0 Å². The first-order valence-electron chi connectivity index (χ1n) is 9.64. The smallest absolute Gasteiger partial charge is 0.283 e. The third-order valence-electron chi connectivity index (χ3n) is 5.49. The molecule has 1 fully saturated rings. The third-order valence-corrected chi connectivity index (χ3v) is 5.49. The lowest BCUT2D eigenvalue weighted by atomic mass is 9.77. The molecule has 2 aliphatic heterocycles. The summed E-state index contributed by atoms with van der Waals surface area (Å²) in [6.07, 6.45) is 4.95. The van der Waals surface area contributed by atoms with Crippen LogP contribution in [0, 0.1) is 5.41 Å². The van der Waals surface area contributed by atoms with Gasteiger partial charge in [-0.25, -0.2) is 0 Å².